The zero-order valence-corrected chi connectivity index (χ0v) is 12.8. The topological polar surface area (TPSA) is 181 Å². The monoisotopic (exact) mass is 361 g/mol. The minimum Gasteiger partial charge on any atom is -0.508 e. The Morgan fingerprint density at radius 1 is 0.731 bits per heavy atom. The lowest BCUT2D eigenvalue weighted by molar-refractivity contribution is 0.0680. The largest absolute Gasteiger partial charge is 0.508 e. The number of carbonyl (C=O) groups is 4. The molecule has 2 rings (SSSR count). The molecule has 134 valence electrons. The molecule has 2 aromatic rings. The van der Waals surface area contributed by atoms with Crippen LogP contribution in [0.3, 0.4) is 0 Å². The minimum atomic E-state index is -1.62. The summed E-state index contributed by atoms with van der Waals surface area (Å²) in [7, 11) is 0. The average Bonchev–Trinajstić information content (AvgIpc) is 2.55. The van der Waals surface area contributed by atoms with Gasteiger partial charge in [-0.05, 0) is 24.3 Å². The highest BCUT2D eigenvalue weighted by Crippen LogP contribution is 2.30. The summed E-state index contributed by atoms with van der Waals surface area (Å²) in [6.07, 6.45) is 0. The molecule has 0 fully saturated rings. The second-order valence-electron chi connectivity index (χ2n) is 4.99. The second kappa shape index (κ2) is 6.81. The van der Waals surface area contributed by atoms with E-state index in [9.17, 15) is 29.4 Å². The zero-order chi connectivity index (χ0) is 19.6. The minimum absolute atomic E-state index is 0.531. The Morgan fingerprint density at radius 3 is 1.65 bits per heavy atom. The van der Waals surface area contributed by atoms with Crippen LogP contribution in [0.5, 0.6) is 11.5 Å². The van der Waals surface area contributed by atoms with E-state index in [1.165, 1.54) is 0 Å². The van der Waals surface area contributed by atoms with E-state index in [-0.39, 0.29) is 0 Å². The molecule has 10 heteroatoms. The van der Waals surface area contributed by atoms with Crippen LogP contribution in [0.15, 0.2) is 30.3 Å². The Labute approximate surface area is 144 Å². The van der Waals surface area contributed by atoms with E-state index in [1.54, 1.807) is 0 Å². The number of carboxylic acid groups (broad SMARTS) is 3. The summed E-state index contributed by atoms with van der Waals surface area (Å²) in [5.41, 5.74) is -3.07. The standard InChI is InChI=1S/C16H11NO9/c18-6-4-9(12(19)10(5-6)16(25)26)13(20)17-11-7(14(21)22)2-1-3-8(11)15(23)24/h1-5,18-19H,(H,17,20)(H,21,22)(H,23,24)(H,25,26). The summed E-state index contributed by atoms with van der Waals surface area (Å²) in [5, 5.41) is 48.7. The lowest BCUT2D eigenvalue weighted by Gasteiger charge is -2.13. The van der Waals surface area contributed by atoms with E-state index >= 15 is 0 Å². The molecule has 10 nitrogen and oxygen atoms in total. The molecule has 2 aromatic carbocycles. The molecule has 0 aromatic heterocycles. The Balaban J connectivity index is 2.57. The number of phenols is 2. The van der Waals surface area contributed by atoms with Gasteiger partial charge in [0.25, 0.3) is 5.91 Å². The Bertz CT molecular complexity index is 917. The predicted octanol–water partition coefficient (Wildman–Crippen LogP) is 1.44. The molecule has 0 heterocycles. The summed E-state index contributed by atoms with van der Waals surface area (Å²) in [4.78, 5) is 45.9. The maximum atomic E-state index is 12.4. The fourth-order valence-electron chi connectivity index (χ4n) is 2.18. The van der Waals surface area contributed by atoms with Crippen LogP contribution in [-0.4, -0.2) is 49.3 Å². The molecule has 0 saturated heterocycles. The smallest absolute Gasteiger partial charge is 0.339 e. The summed E-state index contributed by atoms with van der Waals surface area (Å²) < 4.78 is 0. The van der Waals surface area contributed by atoms with Gasteiger partial charge in [0, 0.05) is 0 Å². The van der Waals surface area contributed by atoms with Gasteiger partial charge in [-0.1, -0.05) is 6.07 Å². The van der Waals surface area contributed by atoms with Crippen LogP contribution in [0.25, 0.3) is 0 Å². The third kappa shape index (κ3) is 3.38. The van der Waals surface area contributed by atoms with Gasteiger partial charge in [-0.15, -0.1) is 0 Å². The fourth-order valence-corrected chi connectivity index (χ4v) is 2.18. The summed E-state index contributed by atoms with van der Waals surface area (Å²) in [5.74, 6) is -7.49. The number of phenolic OH excluding ortho intramolecular Hbond substituents is 1. The molecule has 0 radical (unpaired) electrons. The maximum Gasteiger partial charge on any atom is 0.339 e. The van der Waals surface area contributed by atoms with Gasteiger partial charge in [-0.25, -0.2) is 14.4 Å². The molecular weight excluding hydrogens is 350 g/mol. The highest BCUT2D eigenvalue weighted by molar-refractivity contribution is 6.14. The van der Waals surface area contributed by atoms with E-state index in [0.29, 0.717) is 6.07 Å². The number of nitrogens with one attached hydrogen (secondary N) is 1. The van der Waals surface area contributed by atoms with Crippen LogP contribution in [0, 0.1) is 0 Å². The van der Waals surface area contributed by atoms with Crippen molar-refractivity contribution >= 4 is 29.5 Å². The van der Waals surface area contributed by atoms with E-state index in [0.717, 1.165) is 24.3 Å². The highest BCUT2D eigenvalue weighted by Gasteiger charge is 2.24. The first kappa shape index (κ1) is 18.3. The number of aromatic carboxylic acids is 3. The average molecular weight is 361 g/mol. The van der Waals surface area contributed by atoms with Crippen LogP contribution in [0.4, 0.5) is 5.69 Å². The van der Waals surface area contributed by atoms with Crippen LogP contribution in [0.2, 0.25) is 0 Å². The Kier molecular flexibility index (Phi) is 4.78. The Hall–Kier alpha value is -4.08. The molecule has 0 saturated carbocycles. The molecule has 0 atom stereocenters. The van der Waals surface area contributed by atoms with E-state index < -0.39 is 63.3 Å². The van der Waals surface area contributed by atoms with E-state index in [2.05, 4.69) is 0 Å². The van der Waals surface area contributed by atoms with Crippen LogP contribution >= 0.6 is 0 Å². The molecule has 1 amide bonds. The molecule has 0 unspecified atom stereocenters. The van der Waals surface area contributed by atoms with Crippen molar-refractivity contribution < 1.29 is 44.7 Å². The van der Waals surface area contributed by atoms with Crippen LogP contribution < -0.4 is 5.32 Å². The molecule has 0 aliphatic rings. The van der Waals surface area contributed by atoms with Crippen molar-refractivity contribution in [2.24, 2.45) is 0 Å². The van der Waals surface area contributed by atoms with Gasteiger partial charge in [-0.3, -0.25) is 4.79 Å². The van der Waals surface area contributed by atoms with Gasteiger partial charge < -0.3 is 30.8 Å². The van der Waals surface area contributed by atoms with Gasteiger partial charge >= 0.3 is 17.9 Å². The maximum absolute atomic E-state index is 12.4. The van der Waals surface area contributed by atoms with Gasteiger partial charge in [0.05, 0.1) is 22.4 Å². The second-order valence-corrected chi connectivity index (χ2v) is 4.99. The number of aromatic hydroxyl groups is 2. The lowest BCUT2D eigenvalue weighted by Crippen LogP contribution is -2.18. The van der Waals surface area contributed by atoms with Crippen molar-refractivity contribution in [1.29, 1.82) is 0 Å². The number of hydrogen-bond donors (Lipinski definition) is 6. The highest BCUT2D eigenvalue weighted by atomic mass is 16.4. The SMILES string of the molecule is O=C(O)c1cc(O)cc(C(=O)Nc2c(C(=O)O)cccc2C(=O)O)c1O. The first-order valence-electron chi connectivity index (χ1n) is 6.83. The summed E-state index contributed by atoms with van der Waals surface area (Å²) in [6, 6.07) is 4.73. The van der Waals surface area contributed by atoms with Gasteiger partial charge in [0.1, 0.15) is 17.1 Å². The number of benzene rings is 2. The van der Waals surface area contributed by atoms with Crippen molar-refractivity contribution in [2.45, 2.75) is 0 Å². The number of carbonyl (C=O) groups excluding carboxylic acids is 1. The number of hydrogen-bond acceptors (Lipinski definition) is 6. The van der Waals surface area contributed by atoms with Crippen LogP contribution in [-0.2, 0) is 0 Å². The zero-order valence-electron chi connectivity index (χ0n) is 12.8. The first-order valence-corrected chi connectivity index (χ1v) is 6.83. The van der Waals surface area contributed by atoms with Gasteiger partial charge in [-0.2, -0.15) is 0 Å². The number of amides is 1. The summed E-state index contributed by atoms with van der Waals surface area (Å²) >= 11 is 0. The number of rotatable bonds is 5. The van der Waals surface area contributed by atoms with E-state index in [4.69, 9.17) is 15.3 Å². The normalized spacial score (nSPS) is 10.2. The van der Waals surface area contributed by atoms with Crippen molar-refractivity contribution in [3.05, 3.63) is 52.6 Å². The molecular formula is C16H11NO9. The van der Waals surface area contributed by atoms with E-state index in [1.807, 2.05) is 5.32 Å². The summed E-state index contributed by atoms with van der Waals surface area (Å²) in [6.45, 7) is 0. The predicted molar refractivity (Wildman–Crippen MR) is 85.0 cm³/mol. The number of para-hydroxylation sites is 1. The van der Waals surface area contributed by atoms with Crippen molar-refractivity contribution in [2.75, 3.05) is 5.32 Å². The first-order chi connectivity index (χ1) is 12.1. The molecule has 0 bridgehead atoms. The number of carboxylic acids is 3. The molecule has 6 N–H and O–H groups in total. The molecule has 26 heavy (non-hydrogen) atoms. The lowest BCUT2D eigenvalue weighted by atomic mass is 10.0. The molecule has 0 spiro atoms. The number of anilines is 1. The fraction of sp³-hybridized carbons (Fsp3) is 0. The molecule has 0 aliphatic carbocycles. The van der Waals surface area contributed by atoms with Crippen molar-refractivity contribution in [3.8, 4) is 11.5 Å². The third-order valence-electron chi connectivity index (χ3n) is 3.33. The third-order valence-corrected chi connectivity index (χ3v) is 3.33. The van der Waals surface area contributed by atoms with Gasteiger partial charge in [0.2, 0.25) is 0 Å². The van der Waals surface area contributed by atoms with Gasteiger partial charge in [0.15, 0.2) is 0 Å². The van der Waals surface area contributed by atoms with Crippen molar-refractivity contribution in [3.63, 3.8) is 0 Å². The Morgan fingerprint density at radius 2 is 1.19 bits per heavy atom. The van der Waals surface area contributed by atoms with Crippen LogP contribution in [0.1, 0.15) is 41.4 Å². The molecule has 0 aliphatic heterocycles. The van der Waals surface area contributed by atoms with Crippen molar-refractivity contribution in [1.82, 2.24) is 0 Å². The quantitative estimate of drug-likeness (QED) is 0.429.